The van der Waals surface area contributed by atoms with Crippen molar-refractivity contribution >= 4 is 0 Å². The van der Waals surface area contributed by atoms with E-state index in [2.05, 4.69) is 36.1 Å². The molecule has 1 unspecified atom stereocenters. The summed E-state index contributed by atoms with van der Waals surface area (Å²) in [6, 6.07) is 9.98. The molecule has 2 rings (SSSR count). The SMILES string of the molecule is COC(c1noc([C@@H](N)CCc2ccccc2)n1)C(C)C. The molecule has 21 heavy (non-hydrogen) atoms. The van der Waals surface area contributed by atoms with Crippen LogP contribution in [-0.2, 0) is 11.2 Å². The van der Waals surface area contributed by atoms with Crippen LogP contribution in [0, 0.1) is 5.92 Å². The fraction of sp³-hybridized carbons (Fsp3) is 0.500. The van der Waals surface area contributed by atoms with Gasteiger partial charge >= 0.3 is 0 Å². The van der Waals surface area contributed by atoms with E-state index in [0.717, 1.165) is 12.8 Å². The van der Waals surface area contributed by atoms with Crippen LogP contribution in [0.5, 0.6) is 0 Å². The van der Waals surface area contributed by atoms with Gasteiger partial charge in [-0.2, -0.15) is 4.98 Å². The first-order chi connectivity index (χ1) is 10.1. The molecule has 2 aromatic rings. The van der Waals surface area contributed by atoms with Crippen LogP contribution in [0.1, 0.15) is 49.7 Å². The Labute approximate surface area is 125 Å². The van der Waals surface area contributed by atoms with Gasteiger partial charge in [0.25, 0.3) is 0 Å². The third-order valence-corrected chi connectivity index (χ3v) is 3.48. The number of aromatic nitrogens is 2. The molecule has 0 amide bonds. The predicted molar refractivity (Wildman–Crippen MR) is 80.6 cm³/mol. The molecular weight excluding hydrogens is 266 g/mol. The number of hydrogen-bond acceptors (Lipinski definition) is 5. The number of nitrogens with two attached hydrogens (primary N) is 1. The van der Waals surface area contributed by atoms with Gasteiger partial charge in [0.15, 0.2) is 0 Å². The van der Waals surface area contributed by atoms with E-state index in [0.29, 0.717) is 11.7 Å². The number of nitrogens with zero attached hydrogens (tertiary/aromatic N) is 2. The van der Waals surface area contributed by atoms with Crippen LogP contribution in [-0.4, -0.2) is 17.3 Å². The van der Waals surface area contributed by atoms with Crippen molar-refractivity contribution in [3.63, 3.8) is 0 Å². The van der Waals surface area contributed by atoms with Crippen LogP contribution in [0.25, 0.3) is 0 Å². The summed E-state index contributed by atoms with van der Waals surface area (Å²) in [6.45, 7) is 4.11. The van der Waals surface area contributed by atoms with E-state index in [4.69, 9.17) is 15.0 Å². The fourth-order valence-electron chi connectivity index (χ4n) is 2.28. The Hall–Kier alpha value is -1.72. The van der Waals surface area contributed by atoms with Crippen LogP contribution in [0.2, 0.25) is 0 Å². The van der Waals surface area contributed by atoms with Gasteiger partial charge in [0.05, 0.1) is 6.04 Å². The number of aryl methyl sites for hydroxylation is 1. The molecule has 0 radical (unpaired) electrons. The zero-order chi connectivity index (χ0) is 15.2. The molecule has 0 aliphatic rings. The molecule has 0 saturated heterocycles. The lowest BCUT2D eigenvalue weighted by Gasteiger charge is -2.14. The molecule has 1 aromatic heterocycles. The smallest absolute Gasteiger partial charge is 0.243 e. The molecule has 0 spiro atoms. The van der Waals surface area contributed by atoms with Gasteiger partial charge in [-0.05, 0) is 24.3 Å². The van der Waals surface area contributed by atoms with Crippen molar-refractivity contribution in [2.45, 2.75) is 38.8 Å². The standard InChI is InChI=1S/C16H23N3O2/c1-11(2)14(20-3)15-18-16(21-19-15)13(17)10-9-12-7-5-4-6-8-12/h4-8,11,13-14H,9-10,17H2,1-3H3/t13-,14?/m0/s1. The molecule has 1 aromatic carbocycles. The normalized spacial score (nSPS) is 14.3. The quantitative estimate of drug-likeness (QED) is 0.848. The Morgan fingerprint density at radius 2 is 1.95 bits per heavy atom. The first kappa shape index (κ1) is 15.7. The van der Waals surface area contributed by atoms with Gasteiger partial charge in [-0.3, -0.25) is 0 Å². The monoisotopic (exact) mass is 289 g/mol. The minimum atomic E-state index is -0.254. The highest BCUT2D eigenvalue weighted by Gasteiger charge is 2.23. The summed E-state index contributed by atoms with van der Waals surface area (Å²) in [5, 5.41) is 3.99. The molecule has 0 aliphatic heterocycles. The highest BCUT2D eigenvalue weighted by Crippen LogP contribution is 2.24. The van der Waals surface area contributed by atoms with E-state index in [1.165, 1.54) is 5.56 Å². The maximum absolute atomic E-state index is 6.14. The minimum Gasteiger partial charge on any atom is -0.373 e. The number of rotatable bonds is 7. The maximum Gasteiger partial charge on any atom is 0.243 e. The molecule has 114 valence electrons. The van der Waals surface area contributed by atoms with Crippen molar-refractivity contribution in [1.82, 2.24) is 10.1 Å². The molecule has 0 bridgehead atoms. The van der Waals surface area contributed by atoms with Gasteiger partial charge in [0.1, 0.15) is 6.10 Å². The van der Waals surface area contributed by atoms with Crippen LogP contribution in [0.3, 0.4) is 0 Å². The second kappa shape index (κ2) is 7.33. The fourth-order valence-corrected chi connectivity index (χ4v) is 2.28. The molecule has 5 nitrogen and oxygen atoms in total. The van der Waals surface area contributed by atoms with Gasteiger partial charge in [-0.25, -0.2) is 0 Å². The van der Waals surface area contributed by atoms with Gasteiger partial charge in [0, 0.05) is 7.11 Å². The van der Waals surface area contributed by atoms with E-state index >= 15 is 0 Å². The van der Waals surface area contributed by atoms with E-state index in [1.807, 2.05) is 18.2 Å². The Morgan fingerprint density at radius 1 is 1.24 bits per heavy atom. The van der Waals surface area contributed by atoms with Crippen molar-refractivity contribution in [2.75, 3.05) is 7.11 Å². The lowest BCUT2D eigenvalue weighted by molar-refractivity contribution is 0.0555. The van der Waals surface area contributed by atoms with Gasteiger partial charge in [-0.15, -0.1) is 0 Å². The molecule has 0 aliphatic carbocycles. The average molecular weight is 289 g/mol. The Kier molecular flexibility index (Phi) is 5.47. The van der Waals surface area contributed by atoms with Crippen molar-refractivity contribution in [2.24, 2.45) is 11.7 Å². The zero-order valence-electron chi connectivity index (χ0n) is 12.8. The largest absolute Gasteiger partial charge is 0.373 e. The number of benzene rings is 1. The summed E-state index contributed by atoms with van der Waals surface area (Å²) in [4.78, 5) is 4.39. The van der Waals surface area contributed by atoms with Gasteiger partial charge in [0.2, 0.25) is 11.7 Å². The summed E-state index contributed by atoms with van der Waals surface area (Å²) >= 11 is 0. The molecule has 5 heteroatoms. The number of hydrogen-bond donors (Lipinski definition) is 1. The molecule has 0 saturated carbocycles. The van der Waals surface area contributed by atoms with Crippen LogP contribution in [0.15, 0.2) is 34.9 Å². The molecule has 2 atom stereocenters. The average Bonchev–Trinajstić information content (AvgIpc) is 2.96. The number of ether oxygens (including phenoxy) is 1. The summed E-state index contributed by atoms with van der Waals surface area (Å²) in [5.41, 5.74) is 7.39. The third kappa shape index (κ3) is 4.12. The van der Waals surface area contributed by atoms with Gasteiger partial charge < -0.3 is 15.0 Å². The topological polar surface area (TPSA) is 74.2 Å². The molecule has 0 fully saturated rings. The first-order valence-electron chi connectivity index (χ1n) is 7.27. The Balaban J connectivity index is 1.97. The second-order valence-electron chi connectivity index (χ2n) is 5.52. The highest BCUT2D eigenvalue weighted by molar-refractivity contribution is 5.15. The molecule has 1 heterocycles. The predicted octanol–water partition coefficient (Wildman–Crippen LogP) is 3.05. The summed E-state index contributed by atoms with van der Waals surface area (Å²) in [6.07, 6.45) is 1.49. The van der Waals surface area contributed by atoms with E-state index in [9.17, 15) is 0 Å². The van der Waals surface area contributed by atoms with Crippen molar-refractivity contribution in [1.29, 1.82) is 0 Å². The van der Waals surface area contributed by atoms with Crippen LogP contribution < -0.4 is 5.73 Å². The molecular formula is C16H23N3O2. The summed E-state index contributed by atoms with van der Waals surface area (Å²) in [7, 11) is 1.65. The summed E-state index contributed by atoms with van der Waals surface area (Å²) in [5.74, 6) is 1.32. The Morgan fingerprint density at radius 3 is 2.57 bits per heavy atom. The van der Waals surface area contributed by atoms with E-state index < -0.39 is 0 Å². The van der Waals surface area contributed by atoms with Crippen LogP contribution in [0.4, 0.5) is 0 Å². The van der Waals surface area contributed by atoms with E-state index in [-0.39, 0.29) is 18.1 Å². The van der Waals surface area contributed by atoms with Crippen molar-refractivity contribution in [3.05, 3.63) is 47.6 Å². The van der Waals surface area contributed by atoms with Crippen molar-refractivity contribution in [3.8, 4) is 0 Å². The second-order valence-corrected chi connectivity index (χ2v) is 5.52. The third-order valence-electron chi connectivity index (χ3n) is 3.48. The van der Waals surface area contributed by atoms with Gasteiger partial charge in [-0.1, -0.05) is 49.3 Å². The van der Waals surface area contributed by atoms with Crippen molar-refractivity contribution < 1.29 is 9.26 Å². The first-order valence-corrected chi connectivity index (χ1v) is 7.27. The summed E-state index contributed by atoms with van der Waals surface area (Å²) < 4.78 is 10.7. The maximum atomic E-state index is 6.14. The number of methoxy groups -OCH3 is 1. The zero-order valence-corrected chi connectivity index (χ0v) is 12.8. The lowest BCUT2D eigenvalue weighted by Crippen LogP contribution is -2.13. The van der Waals surface area contributed by atoms with Crippen LogP contribution >= 0.6 is 0 Å². The highest BCUT2D eigenvalue weighted by atomic mass is 16.5. The molecule has 2 N–H and O–H groups in total. The Bertz CT molecular complexity index is 539. The lowest BCUT2D eigenvalue weighted by atomic mass is 10.1. The van der Waals surface area contributed by atoms with E-state index in [1.54, 1.807) is 7.11 Å². The minimum absolute atomic E-state index is 0.163.